The summed E-state index contributed by atoms with van der Waals surface area (Å²) in [4.78, 5) is 19.2. The first-order chi connectivity index (χ1) is 11.2. The van der Waals surface area contributed by atoms with Crippen molar-refractivity contribution in [2.75, 3.05) is 26.3 Å². The normalized spacial score (nSPS) is 22.8. The molecule has 0 spiro atoms. The van der Waals surface area contributed by atoms with Gasteiger partial charge >= 0.3 is 0 Å². The SMILES string of the molecule is Cn1nnc2c(C(=O)N3CCOCC(C4CCC4)C3)ccnc21. The number of hydrogen-bond acceptors (Lipinski definition) is 5. The molecular weight excluding hydrogens is 294 g/mol. The first kappa shape index (κ1) is 14.6. The van der Waals surface area contributed by atoms with Crippen LogP contribution in [-0.4, -0.2) is 57.1 Å². The van der Waals surface area contributed by atoms with Crippen LogP contribution in [0.4, 0.5) is 0 Å². The zero-order valence-corrected chi connectivity index (χ0v) is 13.3. The molecule has 1 amide bonds. The van der Waals surface area contributed by atoms with Gasteiger partial charge in [-0.05, 0) is 12.0 Å². The minimum absolute atomic E-state index is 0.00715. The average Bonchev–Trinajstić information content (AvgIpc) is 2.74. The van der Waals surface area contributed by atoms with Gasteiger partial charge in [0, 0.05) is 32.3 Å². The highest BCUT2D eigenvalue weighted by atomic mass is 16.5. The third-order valence-electron chi connectivity index (χ3n) is 5.12. The fourth-order valence-corrected chi connectivity index (χ4v) is 3.49. The minimum atomic E-state index is 0.00715. The number of nitrogens with zero attached hydrogens (tertiary/aromatic N) is 5. The Morgan fingerprint density at radius 1 is 1.35 bits per heavy atom. The number of carbonyl (C=O) groups excluding carboxylic acids is 1. The van der Waals surface area contributed by atoms with Gasteiger partial charge in [0.25, 0.3) is 5.91 Å². The maximum Gasteiger partial charge on any atom is 0.256 e. The Labute approximate surface area is 134 Å². The van der Waals surface area contributed by atoms with Crippen LogP contribution < -0.4 is 0 Å². The minimum Gasteiger partial charge on any atom is -0.379 e. The number of hydrogen-bond donors (Lipinski definition) is 0. The van der Waals surface area contributed by atoms with Crippen LogP contribution in [0.5, 0.6) is 0 Å². The van der Waals surface area contributed by atoms with Crippen molar-refractivity contribution < 1.29 is 9.53 Å². The van der Waals surface area contributed by atoms with Gasteiger partial charge in [-0.2, -0.15) is 0 Å². The van der Waals surface area contributed by atoms with Crippen molar-refractivity contribution in [2.45, 2.75) is 19.3 Å². The van der Waals surface area contributed by atoms with E-state index in [9.17, 15) is 4.79 Å². The molecule has 122 valence electrons. The molecule has 0 bridgehead atoms. The molecule has 0 radical (unpaired) electrons. The van der Waals surface area contributed by atoms with Crippen LogP contribution in [-0.2, 0) is 11.8 Å². The van der Waals surface area contributed by atoms with Crippen LogP contribution in [0, 0.1) is 11.8 Å². The maximum absolute atomic E-state index is 13.0. The third kappa shape index (κ3) is 2.59. The van der Waals surface area contributed by atoms with E-state index in [0.29, 0.717) is 41.7 Å². The quantitative estimate of drug-likeness (QED) is 0.834. The number of ether oxygens (including phenoxy) is 1. The smallest absolute Gasteiger partial charge is 0.256 e. The highest BCUT2D eigenvalue weighted by Gasteiger charge is 2.32. The van der Waals surface area contributed by atoms with Crippen LogP contribution >= 0.6 is 0 Å². The van der Waals surface area contributed by atoms with Crippen molar-refractivity contribution in [1.29, 1.82) is 0 Å². The molecule has 23 heavy (non-hydrogen) atoms. The fourth-order valence-electron chi connectivity index (χ4n) is 3.49. The highest BCUT2D eigenvalue weighted by molar-refractivity contribution is 6.03. The van der Waals surface area contributed by atoms with Gasteiger partial charge in [0.1, 0.15) is 5.52 Å². The van der Waals surface area contributed by atoms with Gasteiger partial charge in [0.15, 0.2) is 5.65 Å². The maximum atomic E-state index is 13.0. The fraction of sp³-hybridized carbons (Fsp3) is 0.625. The Morgan fingerprint density at radius 3 is 3.00 bits per heavy atom. The lowest BCUT2D eigenvalue weighted by atomic mass is 9.76. The summed E-state index contributed by atoms with van der Waals surface area (Å²) in [5.74, 6) is 1.17. The summed E-state index contributed by atoms with van der Waals surface area (Å²) in [5, 5.41) is 8.09. The molecular formula is C16H21N5O2. The molecule has 1 atom stereocenters. The van der Waals surface area contributed by atoms with E-state index in [1.165, 1.54) is 19.3 Å². The molecule has 7 nitrogen and oxygen atoms in total. The van der Waals surface area contributed by atoms with E-state index in [2.05, 4.69) is 15.3 Å². The molecule has 2 fully saturated rings. The molecule has 0 aromatic carbocycles. The number of aromatic nitrogens is 4. The van der Waals surface area contributed by atoms with Crippen molar-refractivity contribution >= 4 is 17.1 Å². The second-order valence-corrected chi connectivity index (χ2v) is 6.52. The van der Waals surface area contributed by atoms with Crippen molar-refractivity contribution in [2.24, 2.45) is 18.9 Å². The second-order valence-electron chi connectivity index (χ2n) is 6.52. The molecule has 1 saturated carbocycles. The summed E-state index contributed by atoms with van der Waals surface area (Å²) < 4.78 is 7.33. The average molecular weight is 315 g/mol. The molecule has 4 rings (SSSR count). The Bertz CT molecular complexity index is 724. The highest BCUT2D eigenvalue weighted by Crippen LogP contribution is 2.35. The Kier molecular flexibility index (Phi) is 3.72. The first-order valence-electron chi connectivity index (χ1n) is 8.25. The van der Waals surface area contributed by atoms with Gasteiger partial charge in [-0.3, -0.25) is 4.79 Å². The van der Waals surface area contributed by atoms with Crippen molar-refractivity contribution in [1.82, 2.24) is 24.9 Å². The zero-order chi connectivity index (χ0) is 15.8. The van der Waals surface area contributed by atoms with E-state index >= 15 is 0 Å². The van der Waals surface area contributed by atoms with E-state index in [1.807, 2.05) is 4.90 Å². The number of aryl methyl sites for hydroxylation is 1. The molecule has 0 N–H and O–H groups in total. The van der Waals surface area contributed by atoms with Crippen molar-refractivity contribution in [3.8, 4) is 0 Å². The van der Waals surface area contributed by atoms with Crippen molar-refractivity contribution in [3.63, 3.8) is 0 Å². The molecule has 2 aromatic rings. The molecule has 1 aliphatic heterocycles. The standard InChI is InChI=1S/C16H21N5O2/c1-20-15-14(18-19-20)13(5-6-17-15)16(22)21-7-8-23-10-12(9-21)11-3-2-4-11/h5-6,11-12H,2-4,7-10H2,1H3. The van der Waals surface area contributed by atoms with Gasteiger partial charge < -0.3 is 9.64 Å². The van der Waals surface area contributed by atoms with Crippen LogP contribution in [0.25, 0.3) is 11.2 Å². The summed E-state index contributed by atoms with van der Waals surface area (Å²) >= 11 is 0. The van der Waals surface area contributed by atoms with E-state index in [-0.39, 0.29) is 5.91 Å². The Balaban J connectivity index is 1.61. The zero-order valence-electron chi connectivity index (χ0n) is 13.3. The van der Waals surface area contributed by atoms with Gasteiger partial charge in [-0.25, -0.2) is 9.67 Å². The van der Waals surface area contributed by atoms with Crippen LogP contribution in [0.2, 0.25) is 0 Å². The first-order valence-corrected chi connectivity index (χ1v) is 8.25. The predicted molar refractivity (Wildman–Crippen MR) is 83.9 cm³/mol. The molecule has 1 saturated heterocycles. The van der Waals surface area contributed by atoms with E-state index in [0.717, 1.165) is 13.2 Å². The number of carbonyl (C=O) groups is 1. The summed E-state index contributed by atoms with van der Waals surface area (Å²) in [6.45, 7) is 2.77. The van der Waals surface area contributed by atoms with Crippen LogP contribution in [0.3, 0.4) is 0 Å². The topological polar surface area (TPSA) is 73.1 Å². The summed E-state index contributed by atoms with van der Waals surface area (Å²) in [7, 11) is 1.78. The summed E-state index contributed by atoms with van der Waals surface area (Å²) in [6, 6.07) is 1.74. The predicted octanol–water partition coefficient (Wildman–Crippen LogP) is 1.25. The van der Waals surface area contributed by atoms with E-state index in [1.54, 1.807) is 24.0 Å². The number of rotatable bonds is 2. The lowest BCUT2D eigenvalue weighted by Crippen LogP contribution is -2.39. The van der Waals surface area contributed by atoms with Gasteiger partial charge in [0.2, 0.25) is 0 Å². The van der Waals surface area contributed by atoms with E-state index in [4.69, 9.17) is 4.74 Å². The molecule has 3 heterocycles. The second kappa shape index (κ2) is 5.88. The number of pyridine rings is 1. The third-order valence-corrected chi connectivity index (χ3v) is 5.12. The molecule has 7 heteroatoms. The lowest BCUT2D eigenvalue weighted by molar-refractivity contribution is 0.0688. The van der Waals surface area contributed by atoms with Crippen LogP contribution in [0.1, 0.15) is 29.6 Å². The lowest BCUT2D eigenvalue weighted by Gasteiger charge is -2.34. The van der Waals surface area contributed by atoms with Crippen molar-refractivity contribution in [3.05, 3.63) is 17.8 Å². The molecule has 1 unspecified atom stereocenters. The summed E-state index contributed by atoms with van der Waals surface area (Å²) in [6.07, 6.45) is 5.48. The molecule has 2 aromatic heterocycles. The molecule has 1 aliphatic carbocycles. The largest absolute Gasteiger partial charge is 0.379 e. The monoisotopic (exact) mass is 315 g/mol. The number of amides is 1. The number of fused-ring (bicyclic) bond motifs is 1. The summed E-state index contributed by atoms with van der Waals surface area (Å²) in [5.41, 5.74) is 1.79. The van der Waals surface area contributed by atoms with Gasteiger partial charge in [-0.15, -0.1) is 5.10 Å². The molecule has 2 aliphatic rings. The Hall–Kier alpha value is -2.02. The van der Waals surface area contributed by atoms with Crippen LogP contribution in [0.15, 0.2) is 12.3 Å². The Morgan fingerprint density at radius 2 is 2.22 bits per heavy atom. The van der Waals surface area contributed by atoms with E-state index < -0.39 is 0 Å². The van der Waals surface area contributed by atoms with Gasteiger partial charge in [-0.1, -0.05) is 24.5 Å². The van der Waals surface area contributed by atoms with Gasteiger partial charge in [0.05, 0.1) is 18.8 Å².